The molecule has 0 spiro atoms. The van der Waals surface area contributed by atoms with Crippen LogP contribution in [0.5, 0.6) is 0 Å². The van der Waals surface area contributed by atoms with Crippen LogP contribution in [0.25, 0.3) is 0 Å². The van der Waals surface area contributed by atoms with Gasteiger partial charge in [0, 0.05) is 0 Å². The number of hydrogen-bond donors (Lipinski definition) is 2. The third-order valence-electron chi connectivity index (χ3n) is 1.90. The maximum absolute atomic E-state index is 9.11. The number of hydrogen-bond acceptors (Lipinski definition) is 2. The van der Waals surface area contributed by atoms with Gasteiger partial charge in [-0.1, -0.05) is 0 Å². The molecule has 3 heteroatoms. The average Bonchev–Trinajstić information content (AvgIpc) is 2.25. The third-order valence-corrected chi connectivity index (χ3v) is 4.21. The fraction of sp³-hybridized carbons (Fsp3) is 0.455. The van der Waals surface area contributed by atoms with Crippen molar-refractivity contribution in [1.29, 1.82) is 0 Å². The van der Waals surface area contributed by atoms with E-state index in [4.69, 9.17) is 10.2 Å². The minimum atomic E-state index is -0.526. The van der Waals surface area contributed by atoms with Crippen LogP contribution in [-0.2, 0) is 0 Å². The SMILES string of the molecule is OC[C@@H](O)CCC[Se]c1ccccc1. The normalized spacial score (nSPS) is 12.7. The van der Waals surface area contributed by atoms with Gasteiger partial charge >= 0.3 is 90.8 Å². The zero-order chi connectivity index (χ0) is 10.2. The summed E-state index contributed by atoms with van der Waals surface area (Å²) in [6.45, 7) is -0.113. The van der Waals surface area contributed by atoms with Gasteiger partial charge in [-0.2, -0.15) is 0 Å². The average molecular weight is 259 g/mol. The van der Waals surface area contributed by atoms with Gasteiger partial charge in [0.25, 0.3) is 0 Å². The van der Waals surface area contributed by atoms with Gasteiger partial charge in [-0.3, -0.25) is 0 Å². The van der Waals surface area contributed by atoms with Crippen molar-refractivity contribution in [3.05, 3.63) is 30.3 Å². The summed E-state index contributed by atoms with van der Waals surface area (Å²) in [5.41, 5.74) is 0. The van der Waals surface area contributed by atoms with Crippen LogP contribution in [0.2, 0.25) is 5.32 Å². The Balaban J connectivity index is 2.10. The van der Waals surface area contributed by atoms with Gasteiger partial charge < -0.3 is 0 Å². The topological polar surface area (TPSA) is 40.5 Å². The van der Waals surface area contributed by atoms with Crippen molar-refractivity contribution >= 4 is 19.4 Å². The zero-order valence-electron chi connectivity index (χ0n) is 8.10. The molecule has 0 aliphatic carbocycles. The Morgan fingerprint density at radius 1 is 1.21 bits per heavy atom. The fourth-order valence-corrected chi connectivity index (χ4v) is 3.00. The summed E-state index contributed by atoms with van der Waals surface area (Å²) in [7, 11) is 0. The molecule has 2 N–H and O–H groups in total. The van der Waals surface area contributed by atoms with E-state index >= 15 is 0 Å². The Labute approximate surface area is 91.1 Å². The monoisotopic (exact) mass is 260 g/mol. The van der Waals surface area contributed by atoms with E-state index in [1.165, 1.54) is 4.46 Å². The molecule has 0 saturated heterocycles. The predicted octanol–water partition coefficient (Wildman–Crippen LogP) is 0.568. The van der Waals surface area contributed by atoms with Crippen LogP contribution in [-0.4, -0.2) is 37.9 Å². The van der Waals surface area contributed by atoms with Gasteiger partial charge in [-0.25, -0.2) is 0 Å². The summed E-state index contributed by atoms with van der Waals surface area (Å²) >= 11 is 0.510. The quantitative estimate of drug-likeness (QED) is 0.579. The van der Waals surface area contributed by atoms with E-state index in [0.717, 1.165) is 11.7 Å². The molecule has 0 heterocycles. The predicted molar refractivity (Wildman–Crippen MR) is 59.0 cm³/mol. The first kappa shape index (κ1) is 11.7. The van der Waals surface area contributed by atoms with E-state index in [1.807, 2.05) is 6.07 Å². The molecule has 1 atom stereocenters. The van der Waals surface area contributed by atoms with E-state index in [0.29, 0.717) is 21.4 Å². The van der Waals surface area contributed by atoms with Gasteiger partial charge in [0.1, 0.15) is 0 Å². The summed E-state index contributed by atoms with van der Waals surface area (Å²) in [5.74, 6) is 0. The molecule has 1 aromatic rings. The molecule has 1 rings (SSSR count). The van der Waals surface area contributed by atoms with E-state index in [9.17, 15) is 0 Å². The molecular weight excluding hydrogens is 243 g/mol. The maximum atomic E-state index is 9.11. The van der Waals surface area contributed by atoms with Gasteiger partial charge in [-0.15, -0.1) is 0 Å². The fourth-order valence-electron chi connectivity index (χ4n) is 1.12. The molecule has 0 unspecified atom stereocenters. The van der Waals surface area contributed by atoms with Gasteiger partial charge in [0.05, 0.1) is 0 Å². The van der Waals surface area contributed by atoms with Crippen LogP contribution in [0.3, 0.4) is 0 Å². The second-order valence-corrected chi connectivity index (χ2v) is 5.59. The molecule has 78 valence electrons. The van der Waals surface area contributed by atoms with Gasteiger partial charge in [0.2, 0.25) is 0 Å². The van der Waals surface area contributed by atoms with Crippen LogP contribution >= 0.6 is 0 Å². The summed E-state index contributed by atoms with van der Waals surface area (Å²) in [5, 5.41) is 18.9. The molecule has 2 nitrogen and oxygen atoms in total. The summed E-state index contributed by atoms with van der Waals surface area (Å²) in [6, 6.07) is 10.4. The molecule has 14 heavy (non-hydrogen) atoms. The Kier molecular flexibility index (Phi) is 5.88. The Morgan fingerprint density at radius 3 is 2.57 bits per heavy atom. The number of aliphatic hydroxyl groups excluding tert-OH is 2. The minimum absolute atomic E-state index is 0.113. The van der Waals surface area contributed by atoms with Crippen molar-refractivity contribution in [2.45, 2.75) is 24.3 Å². The molecule has 0 amide bonds. The molecule has 0 fully saturated rings. The Bertz CT molecular complexity index is 238. The standard InChI is InChI=1S/C11H16O2Se/c12-9-10(13)5-4-8-14-11-6-2-1-3-7-11/h1-3,6-7,10,12-13H,4-5,8-9H2/t10-/m0/s1. The first-order valence-electron chi connectivity index (χ1n) is 4.79. The number of benzene rings is 1. The van der Waals surface area contributed by atoms with E-state index in [1.54, 1.807) is 0 Å². The molecule has 0 bridgehead atoms. The molecule has 0 aromatic heterocycles. The molecule has 0 radical (unpaired) electrons. The first-order valence-corrected chi connectivity index (χ1v) is 6.86. The van der Waals surface area contributed by atoms with Crippen LogP contribution in [0, 0.1) is 0 Å². The van der Waals surface area contributed by atoms with Crippen molar-refractivity contribution in [2.75, 3.05) is 6.61 Å². The third kappa shape index (κ3) is 4.77. The van der Waals surface area contributed by atoms with Crippen molar-refractivity contribution in [2.24, 2.45) is 0 Å². The van der Waals surface area contributed by atoms with Crippen molar-refractivity contribution in [3.8, 4) is 0 Å². The summed E-state index contributed by atoms with van der Waals surface area (Å²) in [4.78, 5) is 0. The van der Waals surface area contributed by atoms with E-state index < -0.39 is 6.10 Å². The van der Waals surface area contributed by atoms with Crippen molar-refractivity contribution in [1.82, 2.24) is 0 Å². The van der Waals surface area contributed by atoms with Gasteiger partial charge in [0.15, 0.2) is 0 Å². The molecule has 0 saturated carbocycles. The van der Waals surface area contributed by atoms with E-state index in [2.05, 4.69) is 24.3 Å². The molecule has 0 aliphatic rings. The van der Waals surface area contributed by atoms with Crippen LogP contribution < -0.4 is 4.46 Å². The van der Waals surface area contributed by atoms with Crippen molar-refractivity contribution < 1.29 is 10.2 Å². The Morgan fingerprint density at radius 2 is 1.93 bits per heavy atom. The van der Waals surface area contributed by atoms with Crippen molar-refractivity contribution in [3.63, 3.8) is 0 Å². The van der Waals surface area contributed by atoms with Crippen LogP contribution in [0.4, 0.5) is 0 Å². The second-order valence-electron chi connectivity index (χ2n) is 3.14. The number of aliphatic hydroxyl groups is 2. The molecular formula is C11H16O2Se. The summed E-state index contributed by atoms with van der Waals surface area (Å²) < 4.78 is 1.40. The zero-order valence-corrected chi connectivity index (χ0v) is 9.81. The molecule has 0 aliphatic heterocycles. The molecule has 1 aromatic carbocycles. The van der Waals surface area contributed by atoms with Crippen LogP contribution in [0.15, 0.2) is 30.3 Å². The van der Waals surface area contributed by atoms with E-state index in [-0.39, 0.29) is 6.61 Å². The second kappa shape index (κ2) is 7.02. The summed E-state index contributed by atoms with van der Waals surface area (Å²) in [6.07, 6.45) is 1.18. The number of rotatable bonds is 6. The van der Waals surface area contributed by atoms with Crippen LogP contribution in [0.1, 0.15) is 12.8 Å². The Hall–Kier alpha value is -0.341. The van der Waals surface area contributed by atoms with Gasteiger partial charge in [-0.05, 0) is 0 Å². The first-order chi connectivity index (χ1) is 6.83.